The largest absolute Gasteiger partial charge is 0.352 e. The Kier molecular flexibility index (Phi) is 10.3. The fourth-order valence-electron chi connectivity index (χ4n) is 4.85. The zero-order valence-electron chi connectivity index (χ0n) is 22.6. The van der Waals surface area contributed by atoms with E-state index in [2.05, 4.69) is 5.32 Å². The molecule has 11 heteroatoms. The number of hydrogen-bond donors (Lipinski definition) is 1. The predicted octanol–water partition coefficient (Wildman–Crippen LogP) is 6.19. The third kappa shape index (κ3) is 7.78. The van der Waals surface area contributed by atoms with Gasteiger partial charge in [0, 0.05) is 17.6 Å². The minimum atomic E-state index is -4.28. The van der Waals surface area contributed by atoms with Crippen molar-refractivity contribution < 1.29 is 22.4 Å². The van der Waals surface area contributed by atoms with Crippen LogP contribution in [0.25, 0.3) is 0 Å². The second-order valence-corrected chi connectivity index (χ2v) is 12.8. The number of rotatable bonds is 10. The van der Waals surface area contributed by atoms with Crippen LogP contribution in [0.5, 0.6) is 0 Å². The van der Waals surface area contributed by atoms with E-state index in [0.717, 1.165) is 36.4 Å². The monoisotopic (exact) mass is 619 g/mol. The average Bonchev–Trinajstić information content (AvgIpc) is 2.97. The van der Waals surface area contributed by atoms with Crippen molar-refractivity contribution in [1.29, 1.82) is 0 Å². The molecule has 1 N–H and O–H groups in total. The van der Waals surface area contributed by atoms with Gasteiger partial charge in [0.15, 0.2) is 0 Å². The zero-order chi connectivity index (χ0) is 29.6. The first-order valence-corrected chi connectivity index (χ1v) is 15.6. The van der Waals surface area contributed by atoms with Gasteiger partial charge in [-0.25, -0.2) is 12.8 Å². The molecule has 41 heavy (non-hydrogen) atoms. The second-order valence-electron chi connectivity index (χ2n) is 10.1. The summed E-state index contributed by atoms with van der Waals surface area (Å²) in [5.41, 5.74) is 0.604. The van der Waals surface area contributed by atoms with Crippen LogP contribution in [0.2, 0.25) is 10.0 Å². The summed E-state index contributed by atoms with van der Waals surface area (Å²) in [6.07, 6.45) is 4.88. The highest BCUT2D eigenvalue weighted by Crippen LogP contribution is 2.33. The second kappa shape index (κ2) is 13.7. The first kappa shape index (κ1) is 30.8. The Morgan fingerprint density at radius 2 is 1.63 bits per heavy atom. The van der Waals surface area contributed by atoms with Crippen molar-refractivity contribution in [2.75, 3.05) is 10.8 Å². The minimum absolute atomic E-state index is 0.0155. The highest BCUT2D eigenvalue weighted by Gasteiger charge is 2.34. The zero-order valence-corrected chi connectivity index (χ0v) is 24.9. The molecular formula is C30H32Cl2FN3O4S. The van der Waals surface area contributed by atoms with Crippen molar-refractivity contribution in [3.63, 3.8) is 0 Å². The molecule has 0 bridgehead atoms. The fraction of sp³-hybridized carbons (Fsp3) is 0.333. The molecule has 0 heterocycles. The molecule has 218 valence electrons. The summed E-state index contributed by atoms with van der Waals surface area (Å²) in [6.45, 7) is 0.905. The molecule has 3 aromatic rings. The molecule has 1 fully saturated rings. The molecule has 2 amide bonds. The van der Waals surface area contributed by atoms with Crippen LogP contribution >= 0.6 is 23.2 Å². The van der Waals surface area contributed by atoms with Gasteiger partial charge in [-0.3, -0.25) is 13.9 Å². The lowest BCUT2D eigenvalue weighted by atomic mass is 9.95. The molecule has 3 aromatic carbocycles. The Morgan fingerprint density at radius 3 is 2.29 bits per heavy atom. The van der Waals surface area contributed by atoms with Gasteiger partial charge >= 0.3 is 0 Å². The summed E-state index contributed by atoms with van der Waals surface area (Å²) >= 11 is 12.6. The topological polar surface area (TPSA) is 86.8 Å². The molecule has 1 atom stereocenters. The number of halogens is 3. The van der Waals surface area contributed by atoms with E-state index in [4.69, 9.17) is 23.2 Å². The maximum atomic E-state index is 14.0. The number of nitrogens with zero attached hydrogens (tertiary/aromatic N) is 2. The maximum absolute atomic E-state index is 14.0. The van der Waals surface area contributed by atoms with E-state index in [1.165, 1.54) is 59.5 Å². The molecule has 0 aliphatic heterocycles. The van der Waals surface area contributed by atoms with Crippen molar-refractivity contribution in [2.45, 2.75) is 62.6 Å². The van der Waals surface area contributed by atoms with Crippen molar-refractivity contribution >= 4 is 50.7 Å². The third-order valence-electron chi connectivity index (χ3n) is 7.17. The first-order chi connectivity index (χ1) is 19.6. The highest BCUT2D eigenvalue weighted by atomic mass is 35.5. The summed E-state index contributed by atoms with van der Waals surface area (Å²) in [6, 6.07) is 16.7. The van der Waals surface area contributed by atoms with Gasteiger partial charge in [-0.2, -0.15) is 0 Å². The number of carbonyl (C=O) groups excluding carboxylic acids is 2. The minimum Gasteiger partial charge on any atom is -0.352 e. The van der Waals surface area contributed by atoms with Gasteiger partial charge in [-0.15, -0.1) is 0 Å². The Bertz CT molecular complexity index is 1470. The number of amides is 2. The Balaban J connectivity index is 1.69. The SMILES string of the molecule is C[C@H](C(=O)NC1CCCCC1)N(Cc1ccc(F)cc1)C(=O)CN(c1cc(Cl)ccc1Cl)S(=O)(=O)c1ccccc1. The van der Waals surface area contributed by atoms with Gasteiger partial charge in [0.05, 0.1) is 15.6 Å². The van der Waals surface area contributed by atoms with Crippen molar-refractivity contribution in [3.8, 4) is 0 Å². The summed E-state index contributed by atoms with van der Waals surface area (Å²) in [5.74, 6) is -1.42. The molecule has 0 aromatic heterocycles. The summed E-state index contributed by atoms with van der Waals surface area (Å²) in [7, 11) is -4.28. The first-order valence-electron chi connectivity index (χ1n) is 13.4. The molecule has 1 aliphatic carbocycles. The quantitative estimate of drug-likeness (QED) is 0.293. The van der Waals surface area contributed by atoms with Crippen LogP contribution < -0.4 is 9.62 Å². The molecule has 1 saturated carbocycles. The number of benzene rings is 3. The average molecular weight is 621 g/mol. The molecule has 0 spiro atoms. The van der Waals surface area contributed by atoms with Crippen LogP contribution in [-0.2, 0) is 26.2 Å². The number of sulfonamides is 1. The van der Waals surface area contributed by atoms with Gasteiger partial charge in [0.25, 0.3) is 10.0 Å². The van der Waals surface area contributed by atoms with Crippen LogP contribution in [0.3, 0.4) is 0 Å². The van der Waals surface area contributed by atoms with Crippen molar-refractivity contribution in [1.82, 2.24) is 10.2 Å². The van der Waals surface area contributed by atoms with E-state index in [9.17, 15) is 22.4 Å². The number of anilines is 1. The van der Waals surface area contributed by atoms with E-state index in [-0.39, 0.29) is 39.1 Å². The van der Waals surface area contributed by atoms with E-state index in [1.54, 1.807) is 25.1 Å². The lowest BCUT2D eigenvalue weighted by Gasteiger charge is -2.33. The van der Waals surface area contributed by atoms with E-state index in [0.29, 0.717) is 5.56 Å². The van der Waals surface area contributed by atoms with E-state index in [1.807, 2.05) is 0 Å². The highest BCUT2D eigenvalue weighted by molar-refractivity contribution is 7.92. The lowest BCUT2D eigenvalue weighted by molar-refractivity contribution is -0.139. The molecule has 7 nitrogen and oxygen atoms in total. The van der Waals surface area contributed by atoms with Crippen LogP contribution in [0.1, 0.15) is 44.6 Å². The summed E-state index contributed by atoms with van der Waals surface area (Å²) in [4.78, 5) is 28.6. The third-order valence-corrected chi connectivity index (χ3v) is 9.50. The van der Waals surface area contributed by atoms with Crippen LogP contribution in [0, 0.1) is 5.82 Å². The van der Waals surface area contributed by atoms with Crippen LogP contribution in [0.4, 0.5) is 10.1 Å². The molecule has 4 rings (SSSR count). The van der Waals surface area contributed by atoms with Crippen LogP contribution in [0.15, 0.2) is 77.7 Å². The van der Waals surface area contributed by atoms with Crippen molar-refractivity contribution in [3.05, 3.63) is 94.2 Å². The van der Waals surface area contributed by atoms with E-state index >= 15 is 0 Å². The van der Waals surface area contributed by atoms with Gasteiger partial charge in [0.1, 0.15) is 18.4 Å². The standard InChI is InChI=1S/C30H32Cl2FN3O4S/c1-21(30(38)34-25-8-4-2-5-9-25)35(19-22-12-15-24(33)16-13-22)29(37)20-36(28-18-23(31)14-17-27(28)32)41(39,40)26-10-6-3-7-11-26/h3,6-7,10-18,21,25H,2,4-5,8-9,19-20H2,1H3,(H,34,38)/t21-/m1/s1. The normalized spacial score (nSPS) is 14.7. The molecule has 1 aliphatic rings. The maximum Gasteiger partial charge on any atom is 0.264 e. The smallest absolute Gasteiger partial charge is 0.264 e. The fourth-order valence-corrected chi connectivity index (χ4v) is 6.73. The number of carbonyl (C=O) groups is 2. The lowest BCUT2D eigenvalue weighted by Crippen LogP contribution is -2.53. The Morgan fingerprint density at radius 1 is 0.976 bits per heavy atom. The molecule has 0 unspecified atom stereocenters. The van der Waals surface area contributed by atoms with Gasteiger partial charge in [-0.05, 0) is 67.8 Å². The number of nitrogens with one attached hydrogen (secondary N) is 1. The Labute approximate surface area is 250 Å². The number of hydrogen-bond acceptors (Lipinski definition) is 4. The summed E-state index contributed by atoms with van der Waals surface area (Å²) in [5, 5.41) is 3.35. The molecular weight excluding hydrogens is 588 g/mol. The van der Waals surface area contributed by atoms with Crippen molar-refractivity contribution in [2.24, 2.45) is 0 Å². The van der Waals surface area contributed by atoms with Gasteiger partial charge < -0.3 is 10.2 Å². The Hall–Kier alpha value is -3.14. The van der Waals surface area contributed by atoms with Gasteiger partial charge in [-0.1, -0.05) is 72.8 Å². The predicted molar refractivity (Wildman–Crippen MR) is 159 cm³/mol. The molecule has 0 radical (unpaired) electrons. The summed E-state index contributed by atoms with van der Waals surface area (Å²) < 4.78 is 42.2. The van der Waals surface area contributed by atoms with E-state index < -0.39 is 34.3 Å². The molecule has 0 saturated heterocycles. The van der Waals surface area contributed by atoms with Crippen LogP contribution in [-0.4, -0.2) is 43.8 Å². The van der Waals surface area contributed by atoms with Gasteiger partial charge in [0.2, 0.25) is 11.8 Å².